The van der Waals surface area contributed by atoms with Crippen LogP contribution < -0.4 is 20.3 Å². The smallest absolute Gasteiger partial charge is 0.222 e. The number of rotatable bonds is 7. The van der Waals surface area contributed by atoms with Gasteiger partial charge in [-0.2, -0.15) is 0 Å². The number of carbonyl (C=O) groups excluding carboxylic acids is 2. The van der Waals surface area contributed by atoms with E-state index in [1.807, 2.05) is 24.3 Å². The Morgan fingerprint density at radius 3 is 2.30 bits per heavy atom. The number of halogens is 1. The third kappa shape index (κ3) is 6.13. The number of ether oxygens (including phenoxy) is 1. The largest absolute Gasteiger partial charge is 0.497 e. The molecule has 7 heteroatoms. The first-order chi connectivity index (χ1) is 14.4. The molecule has 0 saturated carbocycles. The molecule has 1 aliphatic rings. The summed E-state index contributed by atoms with van der Waals surface area (Å²) < 4.78 is 5.21. The number of hydrogen-bond donors (Lipinski definition) is 2. The Hall–Kier alpha value is -2.73. The third-order valence-electron chi connectivity index (χ3n) is 5.34. The number of anilines is 1. The standard InChI is InChI=1S/C23H28ClN3O3/c1-16(28)25-22(17-3-5-18(24)6-4-17)15-23(29)26-19-11-13-27(14-12-19)20-7-9-21(30-2)10-8-20/h3-10,19,22H,11-15H2,1-2H3,(H,25,28)(H,26,29). The highest BCUT2D eigenvalue weighted by Gasteiger charge is 2.23. The first-order valence-corrected chi connectivity index (χ1v) is 10.5. The van der Waals surface area contributed by atoms with E-state index in [4.69, 9.17) is 16.3 Å². The Morgan fingerprint density at radius 1 is 1.10 bits per heavy atom. The molecule has 160 valence electrons. The number of amides is 2. The van der Waals surface area contributed by atoms with E-state index in [-0.39, 0.29) is 30.3 Å². The Labute approximate surface area is 182 Å². The fraction of sp³-hybridized carbons (Fsp3) is 0.391. The molecule has 1 saturated heterocycles. The number of methoxy groups -OCH3 is 1. The molecule has 2 amide bonds. The topological polar surface area (TPSA) is 70.7 Å². The Kier molecular flexibility index (Phi) is 7.57. The van der Waals surface area contributed by atoms with Crippen LogP contribution in [0, 0.1) is 0 Å². The van der Waals surface area contributed by atoms with Gasteiger partial charge in [-0.1, -0.05) is 23.7 Å². The number of nitrogens with one attached hydrogen (secondary N) is 2. The number of nitrogens with zero attached hydrogens (tertiary/aromatic N) is 1. The molecule has 0 bridgehead atoms. The molecule has 0 radical (unpaired) electrons. The van der Waals surface area contributed by atoms with E-state index in [1.165, 1.54) is 6.92 Å². The molecule has 2 aromatic carbocycles. The van der Waals surface area contributed by atoms with Crippen LogP contribution in [0.5, 0.6) is 5.75 Å². The van der Waals surface area contributed by atoms with Crippen LogP contribution in [0.1, 0.15) is 37.8 Å². The Bertz CT molecular complexity index is 847. The third-order valence-corrected chi connectivity index (χ3v) is 5.59. The lowest BCUT2D eigenvalue weighted by Crippen LogP contribution is -2.45. The van der Waals surface area contributed by atoms with Crippen molar-refractivity contribution in [3.05, 3.63) is 59.1 Å². The van der Waals surface area contributed by atoms with Gasteiger partial charge in [-0.05, 0) is 54.8 Å². The van der Waals surface area contributed by atoms with E-state index in [0.717, 1.165) is 42.9 Å². The van der Waals surface area contributed by atoms with Crippen molar-refractivity contribution in [2.24, 2.45) is 0 Å². The van der Waals surface area contributed by atoms with Gasteiger partial charge < -0.3 is 20.3 Å². The summed E-state index contributed by atoms with van der Waals surface area (Å²) in [4.78, 5) is 26.6. The van der Waals surface area contributed by atoms with Crippen LogP contribution in [0.25, 0.3) is 0 Å². The highest BCUT2D eigenvalue weighted by Crippen LogP contribution is 2.24. The molecule has 0 spiro atoms. The molecule has 0 aromatic heterocycles. The van der Waals surface area contributed by atoms with Gasteiger partial charge in [-0.25, -0.2) is 0 Å². The van der Waals surface area contributed by atoms with Gasteiger partial charge in [-0.15, -0.1) is 0 Å². The average molecular weight is 430 g/mol. The van der Waals surface area contributed by atoms with Gasteiger partial charge in [0.15, 0.2) is 0 Å². The van der Waals surface area contributed by atoms with Gasteiger partial charge in [0, 0.05) is 36.8 Å². The summed E-state index contributed by atoms with van der Waals surface area (Å²) in [5, 5.41) is 6.61. The SMILES string of the molecule is COc1ccc(N2CCC(NC(=O)CC(NC(C)=O)c3ccc(Cl)cc3)CC2)cc1. The first kappa shape index (κ1) is 22.0. The van der Waals surface area contributed by atoms with Crippen molar-refractivity contribution in [2.45, 2.75) is 38.3 Å². The van der Waals surface area contributed by atoms with Crippen LogP contribution >= 0.6 is 11.6 Å². The van der Waals surface area contributed by atoms with Crippen LogP contribution in [0.3, 0.4) is 0 Å². The maximum absolute atomic E-state index is 12.6. The summed E-state index contributed by atoms with van der Waals surface area (Å²) in [6.45, 7) is 3.21. The van der Waals surface area contributed by atoms with Crippen molar-refractivity contribution < 1.29 is 14.3 Å². The van der Waals surface area contributed by atoms with Gasteiger partial charge in [0.2, 0.25) is 11.8 Å². The molecule has 1 fully saturated rings. The van der Waals surface area contributed by atoms with E-state index >= 15 is 0 Å². The molecule has 1 atom stereocenters. The van der Waals surface area contributed by atoms with Gasteiger partial charge >= 0.3 is 0 Å². The molecule has 2 aromatic rings. The normalized spacial score (nSPS) is 15.4. The van der Waals surface area contributed by atoms with Crippen molar-refractivity contribution in [2.75, 3.05) is 25.1 Å². The summed E-state index contributed by atoms with van der Waals surface area (Å²) in [7, 11) is 1.66. The molecular formula is C23H28ClN3O3. The monoisotopic (exact) mass is 429 g/mol. The Balaban J connectivity index is 1.52. The zero-order valence-corrected chi connectivity index (χ0v) is 18.1. The lowest BCUT2D eigenvalue weighted by Gasteiger charge is -2.34. The fourth-order valence-corrected chi connectivity index (χ4v) is 3.87. The summed E-state index contributed by atoms with van der Waals surface area (Å²) in [5.74, 6) is 0.609. The maximum Gasteiger partial charge on any atom is 0.222 e. The number of piperidine rings is 1. The van der Waals surface area contributed by atoms with Crippen molar-refractivity contribution in [3.8, 4) is 5.75 Å². The second kappa shape index (κ2) is 10.3. The zero-order chi connectivity index (χ0) is 21.5. The predicted octanol–water partition coefficient (Wildman–Crippen LogP) is 3.70. The van der Waals surface area contributed by atoms with E-state index in [2.05, 4.69) is 27.7 Å². The average Bonchev–Trinajstić information content (AvgIpc) is 2.74. The minimum Gasteiger partial charge on any atom is -0.497 e. The lowest BCUT2D eigenvalue weighted by atomic mass is 10.0. The van der Waals surface area contributed by atoms with E-state index in [0.29, 0.717) is 5.02 Å². The van der Waals surface area contributed by atoms with E-state index < -0.39 is 0 Å². The van der Waals surface area contributed by atoms with Crippen LogP contribution in [-0.4, -0.2) is 38.1 Å². The second-order valence-corrected chi connectivity index (χ2v) is 7.97. The molecule has 1 heterocycles. The van der Waals surface area contributed by atoms with E-state index in [1.54, 1.807) is 19.2 Å². The minimum absolute atomic E-state index is 0.0633. The van der Waals surface area contributed by atoms with E-state index in [9.17, 15) is 9.59 Å². The predicted molar refractivity (Wildman–Crippen MR) is 119 cm³/mol. The first-order valence-electron chi connectivity index (χ1n) is 10.2. The maximum atomic E-state index is 12.6. The van der Waals surface area contributed by atoms with Crippen LogP contribution in [0.15, 0.2) is 48.5 Å². The molecular weight excluding hydrogens is 402 g/mol. The second-order valence-electron chi connectivity index (χ2n) is 7.54. The Morgan fingerprint density at radius 2 is 1.73 bits per heavy atom. The lowest BCUT2D eigenvalue weighted by molar-refractivity contribution is -0.123. The van der Waals surface area contributed by atoms with Gasteiger partial charge in [0.25, 0.3) is 0 Å². The quantitative estimate of drug-likeness (QED) is 0.704. The summed E-state index contributed by atoms with van der Waals surface area (Å²) >= 11 is 5.95. The number of hydrogen-bond acceptors (Lipinski definition) is 4. The van der Waals surface area contributed by atoms with Crippen molar-refractivity contribution >= 4 is 29.1 Å². The number of benzene rings is 2. The molecule has 1 unspecified atom stereocenters. The molecule has 0 aliphatic carbocycles. The summed E-state index contributed by atoms with van der Waals surface area (Å²) in [6, 6.07) is 15.0. The van der Waals surface area contributed by atoms with Crippen molar-refractivity contribution in [1.29, 1.82) is 0 Å². The molecule has 1 aliphatic heterocycles. The summed E-state index contributed by atoms with van der Waals surface area (Å²) in [6.07, 6.45) is 1.95. The van der Waals surface area contributed by atoms with Crippen LogP contribution in [0.4, 0.5) is 5.69 Å². The minimum atomic E-state index is -0.376. The molecule has 2 N–H and O–H groups in total. The van der Waals surface area contributed by atoms with Crippen molar-refractivity contribution in [1.82, 2.24) is 10.6 Å². The highest BCUT2D eigenvalue weighted by atomic mass is 35.5. The van der Waals surface area contributed by atoms with Crippen molar-refractivity contribution in [3.63, 3.8) is 0 Å². The van der Waals surface area contributed by atoms with Gasteiger partial charge in [0.1, 0.15) is 5.75 Å². The van der Waals surface area contributed by atoms with Crippen LogP contribution in [0.2, 0.25) is 5.02 Å². The van der Waals surface area contributed by atoms with Gasteiger partial charge in [-0.3, -0.25) is 9.59 Å². The van der Waals surface area contributed by atoms with Gasteiger partial charge in [0.05, 0.1) is 19.6 Å². The zero-order valence-electron chi connectivity index (χ0n) is 17.4. The molecule has 6 nitrogen and oxygen atoms in total. The fourth-order valence-electron chi connectivity index (χ4n) is 3.74. The molecule has 30 heavy (non-hydrogen) atoms. The van der Waals surface area contributed by atoms with Crippen LogP contribution in [-0.2, 0) is 9.59 Å². The molecule has 3 rings (SSSR count). The summed E-state index contributed by atoms with van der Waals surface area (Å²) in [5.41, 5.74) is 2.02. The highest BCUT2D eigenvalue weighted by molar-refractivity contribution is 6.30. The number of carbonyl (C=O) groups is 2.